The normalized spacial score (nSPS) is 10.6. The summed E-state index contributed by atoms with van der Waals surface area (Å²) in [6.45, 7) is 1.27. The monoisotopic (exact) mass is 302 g/mol. The molecule has 0 saturated heterocycles. The highest BCUT2D eigenvalue weighted by Crippen LogP contribution is 2.20. The second kappa shape index (κ2) is 5.42. The van der Waals surface area contributed by atoms with Crippen LogP contribution in [0, 0.1) is 0 Å². The highest BCUT2D eigenvalue weighted by molar-refractivity contribution is 9.10. The van der Waals surface area contributed by atoms with Crippen molar-refractivity contribution in [1.29, 1.82) is 0 Å². The maximum atomic E-state index is 5.35. The molecule has 0 atom stereocenters. The fraction of sp³-hybridized carbons (Fsp3) is 0.333. The number of anilines is 1. The molecule has 0 spiro atoms. The molecule has 2 heterocycles. The Hall–Kier alpha value is -0.920. The Morgan fingerprint density at radius 2 is 2.31 bits per heavy atom. The van der Waals surface area contributed by atoms with Crippen LogP contribution in [0.25, 0.3) is 0 Å². The van der Waals surface area contributed by atoms with Gasteiger partial charge in [-0.3, -0.25) is 0 Å². The van der Waals surface area contributed by atoms with E-state index in [1.807, 2.05) is 12.4 Å². The van der Waals surface area contributed by atoms with Crippen LogP contribution in [0.5, 0.6) is 0 Å². The van der Waals surface area contributed by atoms with Gasteiger partial charge in [0.15, 0.2) is 0 Å². The molecule has 5 nitrogen and oxygen atoms in total. The van der Waals surface area contributed by atoms with Gasteiger partial charge in [-0.25, -0.2) is 0 Å². The van der Waals surface area contributed by atoms with Crippen LogP contribution in [0.4, 0.5) is 6.01 Å². The fourth-order valence-corrected chi connectivity index (χ4v) is 2.55. The predicted octanol–water partition coefficient (Wildman–Crippen LogP) is 2.23. The minimum absolute atomic E-state index is 0.453. The zero-order chi connectivity index (χ0) is 11.4. The summed E-state index contributed by atoms with van der Waals surface area (Å²) in [5.41, 5.74) is 0. The SMILES string of the molecule is CNCc1nnc(NCc2cc(Br)cs2)o1. The molecule has 7 heteroatoms. The van der Waals surface area contributed by atoms with Crippen molar-refractivity contribution in [2.75, 3.05) is 12.4 Å². The third kappa shape index (κ3) is 3.03. The summed E-state index contributed by atoms with van der Waals surface area (Å²) in [5.74, 6) is 0.581. The molecule has 0 amide bonds. The molecule has 0 unspecified atom stereocenters. The molecule has 2 rings (SSSR count). The van der Waals surface area contributed by atoms with Gasteiger partial charge in [0, 0.05) is 14.7 Å². The summed E-state index contributed by atoms with van der Waals surface area (Å²) in [5, 5.41) is 15.8. The van der Waals surface area contributed by atoms with Crippen LogP contribution in [0.15, 0.2) is 20.3 Å². The van der Waals surface area contributed by atoms with E-state index in [9.17, 15) is 0 Å². The summed E-state index contributed by atoms with van der Waals surface area (Å²) in [7, 11) is 1.83. The smallest absolute Gasteiger partial charge is 0.315 e. The molecule has 0 aromatic carbocycles. The Labute approximate surface area is 105 Å². The third-order valence-electron chi connectivity index (χ3n) is 1.83. The van der Waals surface area contributed by atoms with Crippen LogP contribution in [-0.2, 0) is 13.1 Å². The fourth-order valence-electron chi connectivity index (χ4n) is 1.16. The van der Waals surface area contributed by atoms with Crippen molar-refractivity contribution < 1.29 is 4.42 Å². The van der Waals surface area contributed by atoms with Crippen molar-refractivity contribution in [2.45, 2.75) is 13.1 Å². The zero-order valence-electron chi connectivity index (χ0n) is 8.66. The standard InChI is InChI=1S/C9H11BrN4OS/c1-11-4-8-13-14-9(15-8)12-3-7-2-6(10)5-16-7/h2,5,11H,3-4H2,1H3,(H,12,14). The summed E-state index contributed by atoms with van der Waals surface area (Å²) in [6.07, 6.45) is 0. The molecule has 2 N–H and O–H groups in total. The second-order valence-corrected chi connectivity index (χ2v) is 5.03. The van der Waals surface area contributed by atoms with E-state index in [-0.39, 0.29) is 0 Å². The Morgan fingerprint density at radius 1 is 1.44 bits per heavy atom. The summed E-state index contributed by atoms with van der Waals surface area (Å²) >= 11 is 5.08. The number of hydrogen-bond acceptors (Lipinski definition) is 6. The lowest BCUT2D eigenvalue weighted by Crippen LogP contribution is -2.04. The molecule has 0 fully saturated rings. The molecular formula is C9H11BrN4OS. The van der Waals surface area contributed by atoms with E-state index < -0.39 is 0 Å². The van der Waals surface area contributed by atoms with Crippen LogP contribution in [0.3, 0.4) is 0 Å². The van der Waals surface area contributed by atoms with E-state index in [4.69, 9.17) is 4.42 Å². The summed E-state index contributed by atoms with van der Waals surface area (Å²) < 4.78 is 6.44. The van der Waals surface area contributed by atoms with Crippen molar-refractivity contribution in [3.63, 3.8) is 0 Å². The zero-order valence-corrected chi connectivity index (χ0v) is 11.1. The van der Waals surface area contributed by atoms with Gasteiger partial charge >= 0.3 is 6.01 Å². The van der Waals surface area contributed by atoms with Gasteiger partial charge in [-0.2, -0.15) is 0 Å². The van der Waals surface area contributed by atoms with Gasteiger partial charge in [0.25, 0.3) is 0 Å². The predicted molar refractivity (Wildman–Crippen MR) is 66.4 cm³/mol. The highest BCUT2D eigenvalue weighted by atomic mass is 79.9. The van der Waals surface area contributed by atoms with E-state index in [0.29, 0.717) is 25.0 Å². The van der Waals surface area contributed by atoms with Gasteiger partial charge in [0.1, 0.15) is 0 Å². The molecule has 0 aliphatic carbocycles. The molecule has 0 aliphatic heterocycles. The topological polar surface area (TPSA) is 63.0 Å². The summed E-state index contributed by atoms with van der Waals surface area (Å²) in [4.78, 5) is 1.21. The van der Waals surface area contributed by atoms with E-state index in [0.717, 1.165) is 4.47 Å². The van der Waals surface area contributed by atoms with Gasteiger partial charge in [0.05, 0.1) is 13.1 Å². The van der Waals surface area contributed by atoms with Crippen LogP contribution >= 0.6 is 27.3 Å². The first-order valence-corrected chi connectivity index (χ1v) is 6.39. The van der Waals surface area contributed by atoms with Gasteiger partial charge in [-0.1, -0.05) is 5.10 Å². The quantitative estimate of drug-likeness (QED) is 0.887. The second-order valence-electron chi connectivity index (χ2n) is 3.12. The van der Waals surface area contributed by atoms with Crippen LogP contribution < -0.4 is 10.6 Å². The van der Waals surface area contributed by atoms with Gasteiger partial charge in [0.2, 0.25) is 5.89 Å². The lowest BCUT2D eigenvalue weighted by atomic mass is 10.5. The third-order valence-corrected chi connectivity index (χ3v) is 3.53. The number of halogens is 1. The van der Waals surface area contributed by atoms with E-state index in [2.05, 4.69) is 42.8 Å². The molecule has 2 aromatic heterocycles. The number of nitrogens with zero attached hydrogens (tertiary/aromatic N) is 2. The van der Waals surface area contributed by atoms with Gasteiger partial charge in [-0.05, 0) is 29.0 Å². The Balaban J connectivity index is 1.89. The van der Waals surface area contributed by atoms with Crippen molar-refractivity contribution >= 4 is 33.3 Å². The van der Waals surface area contributed by atoms with Gasteiger partial charge < -0.3 is 15.1 Å². The van der Waals surface area contributed by atoms with Crippen LogP contribution in [0.1, 0.15) is 10.8 Å². The minimum Gasteiger partial charge on any atom is -0.407 e. The molecule has 0 radical (unpaired) electrons. The van der Waals surface area contributed by atoms with Crippen molar-refractivity contribution in [3.05, 3.63) is 26.7 Å². The molecule has 0 aliphatic rings. The largest absolute Gasteiger partial charge is 0.407 e. The van der Waals surface area contributed by atoms with Crippen molar-refractivity contribution in [2.24, 2.45) is 0 Å². The van der Waals surface area contributed by atoms with E-state index in [1.165, 1.54) is 4.88 Å². The lowest BCUT2D eigenvalue weighted by molar-refractivity contribution is 0.489. The van der Waals surface area contributed by atoms with Crippen LogP contribution in [0.2, 0.25) is 0 Å². The van der Waals surface area contributed by atoms with Crippen molar-refractivity contribution in [3.8, 4) is 0 Å². The molecule has 0 saturated carbocycles. The first-order valence-electron chi connectivity index (χ1n) is 4.71. The first-order chi connectivity index (χ1) is 7.78. The Morgan fingerprint density at radius 3 is 3.00 bits per heavy atom. The Kier molecular flexibility index (Phi) is 3.92. The lowest BCUT2D eigenvalue weighted by Gasteiger charge is -1.97. The average molecular weight is 303 g/mol. The molecule has 0 bridgehead atoms. The molecule has 16 heavy (non-hydrogen) atoms. The van der Waals surface area contributed by atoms with E-state index in [1.54, 1.807) is 11.3 Å². The first kappa shape index (κ1) is 11.6. The Bertz CT molecular complexity index is 456. The van der Waals surface area contributed by atoms with Crippen LogP contribution in [-0.4, -0.2) is 17.2 Å². The maximum absolute atomic E-state index is 5.35. The van der Waals surface area contributed by atoms with Gasteiger partial charge in [-0.15, -0.1) is 16.4 Å². The maximum Gasteiger partial charge on any atom is 0.315 e. The number of thiophene rings is 1. The molecular weight excluding hydrogens is 292 g/mol. The highest BCUT2D eigenvalue weighted by Gasteiger charge is 2.05. The average Bonchev–Trinajstić information content (AvgIpc) is 2.85. The number of rotatable bonds is 5. The molecule has 86 valence electrons. The minimum atomic E-state index is 0.453. The number of aromatic nitrogens is 2. The van der Waals surface area contributed by atoms with E-state index >= 15 is 0 Å². The molecule has 2 aromatic rings. The summed E-state index contributed by atoms with van der Waals surface area (Å²) in [6, 6.07) is 2.51. The van der Waals surface area contributed by atoms with Crippen molar-refractivity contribution in [1.82, 2.24) is 15.5 Å². The number of hydrogen-bond donors (Lipinski definition) is 2. The number of nitrogens with one attached hydrogen (secondary N) is 2.